The molecule has 0 radical (unpaired) electrons. The van der Waals surface area contributed by atoms with Crippen LogP contribution in [0, 0.1) is 5.82 Å². The summed E-state index contributed by atoms with van der Waals surface area (Å²) in [6, 6.07) is 11.9. The molecule has 1 heterocycles. The normalized spacial score (nSPS) is 14.9. The van der Waals surface area contributed by atoms with Gasteiger partial charge in [-0.15, -0.1) is 0 Å². The zero-order chi connectivity index (χ0) is 19.3. The highest BCUT2D eigenvalue weighted by molar-refractivity contribution is 7.89. The summed E-state index contributed by atoms with van der Waals surface area (Å²) in [6.45, 7) is 2.22. The van der Waals surface area contributed by atoms with Gasteiger partial charge in [-0.3, -0.25) is 4.79 Å². The Morgan fingerprint density at radius 3 is 2.48 bits per heavy atom. The average Bonchev–Trinajstić information content (AvgIpc) is 2.68. The van der Waals surface area contributed by atoms with Crippen molar-refractivity contribution >= 4 is 15.9 Å². The minimum absolute atomic E-state index is 0.0836. The van der Waals surface area contributed by atoms with Crippen molar-refractivity contribution in [3.8, 4) is 0 Å². The molecule has 0 aromatic heterocycles. The van der Waals surface area contributed by atoms with Crippen molar-refractivity contribution in [3.05, 3.63) is 65.5 Å². The summed E-state index contributed by atoms with van der Waals surface area (Å²) in [5, 5.41) is 0. The third-order valence-electron chi connectivity index (χ3n) is 4.30. The van der Waals surface area contributed by atoms with Gasteiger partial charge >= 0.3 is 0 Å². The molecule has 0 bridgehead atoms. The van der Waals surface area contributed by atoms with Crippen LogP contribution in [0.25, 0.3) is 0 Å². The van der Waals surface area contributed by atoms with Crippen molar-refractivity contribution in [3.63, 3.8) is 0 Å². The average molecular weight is 392 g/mol. The first-order valence-electron chi connectivity index (χ1n) is 8.67. The van der Waals surface area contributed by atoms with Gasteiger partial charge in [-0.05, 0) is 48.4 Å². The molecule has 1 aliphatic heterocycles. The Hall–Kier alpha value is -2.29. The number of ether oxygens (including phenoxy) is 1. The summed E-state index contributed by atoms with van der Waals surface area (Å²) < 4.78 is 45.6. The Bertz CT molecular complexity index is 894. The van der Waals surface area contributed by atoms with Gasteiger partial charge in [0.25, 0.3) is 5.91 Å². The van der Waals surface area contributed by atoms with E-state index in [0.29, 0.717) is 43.9 Å². The Morgan fingerprint density at radius 2 is 1.81 bits per heavy atom. The molecule has 2 aromatic rings. The minimum Gasteiger partial charge on any atom is -0.378 e. The van der Waals surface area contributed by atoms with Crippen molar-refractivity contribution in [2.75, 3.05) is 32.8 Å². The molecule has 0 spiro atoms. The summed E-state index contributed by atoms with van der Waals surface area (Å²) >= 11 is 0. The fraction of sp³-hybridized carbons (Fsp3) is 0.316. The number of amides is 1. The molecule has 0 saturated carbocycles. The van der Waals surface area contributed by atoms with Crippen molar-refractivity contribution in [1.82, 2.24) is 9.62 Å². The van der Waals surface area contributed by atoms with Crippen LogP contribution in [-0.2, 0) is 21.2 Å². The van der Waals surface area contributed by atoms with Gasteiger partial charge in [-0.1, -0.05) is 12.1 Å². The number of hydrogen-bond donors (Lipinski definition) is 1. The van der Waals surface area contributed by atoms with Gasteiger partial charge in [0, 0.05) is 25.2 Å². The van der Waals surface area contributed by atoms with Gasteiger partial charge in [0.05, 0.1) is 18.1 Å². The first-order valence-corrected chi connectivity index (χ1v) is 10.2. The highest BCUT2D eigenvalue weighted by Crippen LogP contribution is 2.13. The summed E-state index contributed by atoms with van der Waals surface area (Å²) in [4.78, 5) is 14.2. The van der Waals surface area contributed by atoms with Crippen LogP contribution in [-0.4, -0.2) is 52.1 Å². The maximum Gasteiger partial charge on any atom is 0.254 e. The van der Waals surface area contributed by atoms with E-state index in [2.05, 4.69) is 4.72 Å². The molecule has 6 nitrogen and oxygen atoms in total. The predicted octanol–water partition coefficient (Wildman–Crippen LogP) is 1.82. The highest BCUT2D eigenvalue weighted by atomic mass is 32.2. The molecule has 3 rings (SSSR count). The van der Waals surface area contributed by atoms with E-state index in [-0.39, 0.29) is 23.2 Å². The number of halogens is 1. The molecule has 2 aromatic carbocycles. The summed E-state index contributed by atoms with van der Waals surface area (Å²) in [5.41, 5.74) is 1.15. The van der Waals surface area contributed by atoms with Crippen LogP contribution >= 0.6 is 0 Å². The third kappa shape index (κ3) is 5.12. The van der Waals surface area contributed by atoms with Crippen LogP contribution in [0.1, 0.15) is 15.9 Å². The van der Waals surface area contributed by atoms with Crippen LogP contribution < -0.4 is 4.72 Å². The Morgan fingerprint density at radius 1 is 1.11 bits per heavy atom. The van der Waals surface area contributed by atoms with E-state index in [1.54, 1.807) is 17.0 Å². The number of hydrogen-bond acceptors (Lipinski definition) is 4. The molecule has 0 atom stereocenters. The number of nitrogens with one attached hydrogen (secondary N) is 1. The molecule has 1 aliphatic rings. The van der Waals surface area contributed by atoms with E-state index in [1.807, 2.05) is 0 Å². The van der Waals surface area contributed by atoms with E-state index < -0.39 is 10.0 Å². The molecule has 0 aliphatic carbocycles. The monoisotopic (exact) mass is 392 g/mol. The van der Waals surface area contributed by atoms with E-state index in [4.69, 9.17) is 4.74 Å². The maximum absolute atomic E-state index is 13.2. The SMILES string of the molecule is O=C(c1ccc(S(=O)(=O)NCCc2cccc(F)c2)cc1)N1CCOCC1. The molecule has 1 fully saturated rings. The largest absolute Gasteiger partial charge is 0.378 e. The quantitative estimate of drug-likeness (QED) is 0.814. The number of sulfonamides is 1. The van der Waals surface area contributed by atoms with Gasteiger partial charge in [-0.2, -0.15) is 0 Å². The van der Waals surface area contributed by atoms with Gasteiger partial charge in [0.15, 0.2) is 0 Å². The smallest absolute Gasteiger partial charge is 0.254 e. The number of benzene rings is 2. The van der Waals surface area contributed by atoms with Gasteiger partial charge in [0.1, 0.15) is 5.82 Å². The highest BCUT2D eigenvalue weighted by Gasteiger charge is 2.20. The number of morpholine rings is 1. The molecular weight excluding hydrogens is 371 g/mol. The van der Waals surface area contributed by atoms with Gasteiger partial charge < -0.3 is 9.64 Å². The fourth-order valence-electron chi connectivity index (χ4n) is 2.83. The van der Waals surface area contributed by atoms with Crippen LogP contribution in [0.5, 0.6) is 0 Å². The minimum atomic E-state index is -3.70. The molecular formula is C19H21FN2O4S. The van der Waals surface area contributed by atoms with Crippen molar-refractivity contribution < 1.29 is 22.3 Å². The standard InChI is InChI=1S/C19H21FN2O4S/c20-17-3-1-2-15(14-17)8-9-21-27(24,25)18-6-4-16(5-7-18)19(23)22-10-12-26-13-11-22/h1-7,14,21H,8-13H2. The number of nitrogens with zero attached hydrogens (tertiary/aromatic N) is 1. The third-order valence-corrected chi connectivity index (χ3v) is 5.78. The second kappa shape index (κ2) is 8.60. The number of carbonyl (C=O) groups is 1. The molecule has 144 valence electrons. The topological polar surface area (TPSA) is 75.7 Å². The summed E-state index contributed by atoms with van der Waals surface area (Å²) in [5.74, 6) is -0.489. The summed E-state index contributed by atoms with van der Waals surface area (Å²) in [6.07, 6.45) is 0.380. The lowest BCUT2D eigenvalue weighted by Gasteiger charge is -2.26. The summed E-state index contributed by atoms with van der Waals surface area (Å²) in [7, 11) is -3.70. The van der Waals surface area contributed by atoms with Crippen LogP contribution in [0.3, 0.4) is 0 Å². The van der Waals surface area contributed by atoms with Crippen molar-refractivity contribution in [1.29, 1.82) is 0 Å². The molecule has 1 N–H and O–H groups in total. The maximum atomic E-state index is 13.2. The zero-order valence-corrected chi connectivity index (χ0v) is 15.5. The lowest BCUT2D eigenvalue weighted by Crippen LogP contribution is -2.40. The van der Waals surface area contributed by atoms with E-state index >= 15 is 0 Å². The molecule has 1 amide bonds. The van der Waals surface area contributed by atoms with Crippen LogP contribution in [0.2, 0.25) is 0 Å². The van der Waals surface area contributed by atoms with Crippen molar-refractivity contribution in [2.45, 2.75) is 11.3 Å². The Kier molecular flexibility index (Phi) is 6.20. The lowest BCUT2D eigenvalue weighted by atomic mass is 10.1. The fourth-order valence-corrected chi connectivity index (χ4v) is 3.86. The lowest BCUT2D eigenvalue weighted by molar-refractivity contribution is 0.0303. The first-order chi connectivity index (χ1) is 13.0. The Balaban J connectivity index is 1.60. The van der Waals surface area contributed by atoms with E-state index in [1.165, 1.54) is 36.4 Å². The van der Waals surface area contributed by atoms with E-state index in [0.717, 1.165) is 0 Å². The van der Waals surface area contributed by atoms with Gasteiger partial charge in [0.2, 0.25) is 10.0 Å². The van der Waals surface area contributed by atoms with Crippen LogP contribution in [0.4, 0.5) is 4.39 Å². The number of rotatable bonds is 6. The van der Waals surface area contributed by atoms with Crippen LogP contribution in [0.15, 0.2) is 53.4 Å². The Labute approximate surface area is 158 Å². The number of carbonyl (C=O) groups excluding carboxylic acids is 1. The van der Waals surface area contributed by atoms with Gasteiger partial charge in [-0.25, -0.2) is 17.5 Å². The van der Waals surface area contributed by atoms with Crippen molar-refractivity contribution in [2.24, 2.45) is 0 Å². The molecule has 8 heteroatoms. The molecule has 0 unspecified atom stereocenters. The first kappa shape index (κ1) is 19.5. The molecule has 1 saturated heterocycles. The zero-order valence-electron chi connectivity index (χ0n) is 14.7. The predicted molar refractivity (Wildman–Crippen MR) is 98.5 cm³/mol. The second-order valence-corrected chi connectivity index (χ2v) is 7.97. The molecule has 27 heavy (non-hydrogen) atoms. The van der Waals surface area contributed by atoms with E-state index in [9.17, 15) is 17.6 Å². The second-order valence-electron chi connectivity index (χ2n) is 6.21.